The summed E-state index contributed by atoms with van der Waals surface area (Å²) in [5.74, 6) is 1.54. The van der Waals surface area contributed by atoms with E-state index in [2.05, 4.69) is 89.5 Å². The van der Waals surface area contributed by atoms with Crippen molar-refractivity contribution in [1.29, 1.82) is 0 Å². The quantitative estimate of drug-likeness (QED) is 0.483. The molecule has 0 unspecified atom stereocenters. The molecule has 0 aliphatic rings. The summed E-state index contributed by atoms with van der Waals surface area (Å²) in [5, 5.41) is 0. The average Bonchev–Trinajstić information content (AvgIpc) is 2.35. The minimum absolute atomic E-state index is 0.496. The lowest BCUT2D eigenvalue weighted by atomic mass is 10.0. The van der Waals surface area contributed by atoms with Gasteiger partial charge in [-0.3, -0.25) is 0 Å². The normalized spacial score (nSPS) is 12.8. The molecular weight excluding hydrogens is 340 g/mol. The molecule has 0 aromatic heterocycles. The van der Waals surface area contributed by atoms with Crippen LogP contribution in [0.3, 0.4) is 0 Å². The van der Waals surface area contributed by atoms with Crippen LogP contribution < -0.4 is 4.43 Å². The maximum absolute atomic E-state index is 6.75. The largest absolute Gasteiger partial charge is 0.543 e. The minimum atomic E-state index is -1.86. The summed E-state index contributed by atoms with van der Waals surface area (Å²) in [7, 11) is -1.86. The Morgan fingerprint density at radius 2 is 1.33 bits per heavy atom. The Kier molecular flexibility index (Phi) is 6.54. The fraction of sp³-hybridized carbons (Fsp3) is 0.667. The Hall–Kier alpha value is -0.283. The molecule has 0 atom stereocenters. The molecule has 0 aliphatic heterocycles. The molecule has 1 aromatic carbocycles. The summed E-state index contributed by atoms with van der Waals surface area (Å²) in [4.78, 5) is 0. The molecule has 0 fully saturated rings. The third kappa shape index (κ3) is 3.92. The number of halogens is 1. The third-order valence-electron chi connectivity index (χ3n) is 4.59. The maximum atomic E-state index is 6.75. The summed E-state index contributed by atoms with van der Waals surface area (Å²) in [6.45, 7) is 18.4. The number of rotatable bonds is 6. The zero-order valence-corrected chi connectivity index (χ0v) is 17.4. The van der Waals surface area contributed by atoms with Crippen molar-refractivity contribution in [3.05, 3.63) is 28.2 Å². The van der Waals surface area contributed by atoms with Gasteiger partial charge in [-0.1, -0.05) is 71.3 Å². The van der Waals surface area contributed by atoms with Crippen LogP contribution in [0.4, 0.5) is 0 Å². The van der Waals surface area contributed by atoms with Gasteiger partial charge in [0.05, 0.1) is 0 Å². The molecule has 120 valence electrons. The SMILES string of the molecule is CC(C)c1cc(O[Si](C(C)C)(C(C)C)C(C)C)ccc1Br. The molecule has 21 heavy (non-hydrogen) atoms. The predicted octanol–water partition coefficient (Wildman–Crippen LogP) is 7.13. The van der Waals surface area contributed by atoms with Gasteiger partial charge in [0.1, 0.15) is 5.75 Å². The van der Waals surface area contributed by atoms with E-state index in [0.717, 1.165) is 5.75 Å². The lowest BCUT2D eigenvalue weighted by Crippen LogP contribution is -2.50. The zero-order chi connectivity index (χ0) is 16.4. The van der Waals surface area contributed by atoms with Crippen LogP contribution in [0.25, 0.3) is 0 Å². The van der Waals surface area contributed by atoms with Crippen LogP contribution in [-0.4, -0.2) is 8.32 Å². The standard InChI is InChI=1S/C18H31BrOSi/c1-12(2)17-11-16(9-10-18(17)19)20-21(13(3)4,14(5)6)15(7)8/h9-15H,1-8H3. The Balaban J connectivity index is 3.24. The summed E-state index contributed by atoms with van der Waals surface area (Å²) in [6, 6.07) is 6.47. The van der Waals surface area contributed by atoms with Gasteiger partial charge in [-0.15, -0.1) is 0 Å². The van der Waals surface area contributed by atoms with E-state index < -0.39 is 8.32 Å². The van der Waals surface area contributed by atoms with Crippen molar-refractivity contribution in [2.75, 3.05) is 0 Å². The molecule has 0 amide bonds. The number of hydrogen-bond donors (Lipinski definition) is 0. The monoisotopic (exact) mass is 370 g/mol. The second-order valence-electron chi connectivity index (χ2n) is 7.26. The van der Waals surface area contributed by atoms with E-state index in [1.54, 1.807) is 0 Å². The summed E-state index contributed by atoms with van der Waals surface area (Å²) >= 11 is 3.65. The fourth-order valence-corrected chi connectivity index (χ4v) is 9.53. The molecule has 0 saturated heterocycles. The van der Waals surface area contributed by atoms with Crippen molar-refractivity contribution in [1.82, 2.24) is 0 Å². The van der Waals surface area contributed by atoms with Gasteiger partial charge >= 0.3 is 0 Å². The Morgan fingerprint density at radius 3 is 1.71 bits per heavy atom. The van der Waals surface area contributed by atoms with Gasteiger partial charge in [0.2, 0.25) is 0 Å². The lowest BCUT2D eigenvalue weighted by molar-refractivity contribution is 0.479. The highest BCUT2D eigenvalue weighted by Gasteiger charge is 2.47. The third-order valence-corrected chi connectivity index (χ3v) is 11.3. The Labute approximate surface area is 140 Å². The van der Waals surface area contributed by atoms with Crippen molar-refractivity contribution in [2.45, 2.75) is 77.9 Å². The molecule has 1 nitrogen and oxygen atoms in total. The van der Waals surface area contributed by atoms with E-state index in [0.29, 0.717) is 22.5 Å². The van der Waals surface area contributed by atoms with Crippen molar-refractivity contribution in [3.63, 3.8) is 0 Å². The maximum Gasteiger partial charge on any atom is 0.258 e. The van der Waals surface area contributed by atoms with Crippen LogP contribution >= 0.6 is 15.9 Å². The van der Waals surface area contributed by atoms with Crippen LogP contribution in [0.1, 0.15) is 66.9 Å². The molecule has 0 bridgehead atoms. The molecule has 3 heteroatoms. The van der Waals surface area contributed by atoms with Crippen molar-refractivity contribution >= 4 is 24.2 Å². The smallest absolute Gasteiger partial charge is 0.258 e. The van der Waals surface area contributed by atoms with E-state index in [-0.39, 0.29) is 0 Å². The van der Waals surface area contributed by atoms with Crippen LogP contribution in [0.2, 0.25) is 16.6 Å². The molecule has 1 rings (SSSR count). The number of benzene rings is 1. The van der Waals surface area contributed by atoms with Crippen LogP contribution in [-0.2, 0) is 0 Å². The number of hydrogen-bond acceptors (Lipinski definition) is 1. The first-order valence-corrected chi connectivity index (χ1v) is 11.0. The van der Waals surface area contributed by atoms with Crippen molar-refractivity contribution in [2.24, 2.45) is 0 Å². The van der Waals surface area contributed by atoms with E-state index in [9.17, 15) is 0 Å². The topological polar surface area (TPSA) is 9.23 Å². The van der Waals surface area contributed by atoms with Gasteiger partial charge in [0.25, 0.3) is 8.32 Å². The summed E-state index contributed by atoms with van der Waals surface area (Å²) < 4.78 is 7.93. The van der Waals surface area contributed by atoms with Crippen molar-refractivity contribution in [3.8, 4) is 5.75 Å². The molecule has 1 aromatic rings. The molecular formula is C18H31BrOSi. The second kappa shape index (κ2) is 7.32. The van der Waals surface area contributed by atoms with E-state index in [1.165, 1.54) is 10.0 Å². The van der Waals surface area contributed by atoms with Gasteiger partial charge < -0.3 is 4.43 Å². The van der Waals surface area contributed by atoms with Crippen LogP contribution in [0.5, 0.6) is 5.75 Å². The first-order valence-electron chi connectivity index (χ1n) is 8.11. The molecule has 0 spiro atoms. The van der Waals surface area contributed by atoms with Crippen LogP contribution in [0, 0.1) is 0 Å². The molecule has 0 heterocycles. The van der Waals surface area contributed by atoms with Crippen LogP contribution in [0.15, 0.2) is 22.7 Å². The van der Waals surface area contributed by atoms with Gasteiger partial charge in [-0.05, 0) is 46.3 Å². The van der Waals surface area contributed by atoms with Gasteiger partial charge in [0, 0.05) is 4.47 Å². The first kappa shape index (κ1) is 18.8. The highest BCUT2D eigenvalue weighted by atomic mass is 79.9. The second-order valence-corrected chi connectivity index (χ2v) is 13.5. The van der Waals surface area contributed by atoms with E-state index in [1.807, 2.05) is 0 Å². The summed E-state index contributed by atoms with van der Waals surface area (Å²) in [6.07, 6.45) is 0. The average molecular weight is 371 g/mol. The Bertz CT molecular complexity index is 445. The lowest BCUT2D eigenvalue weighted by Gasteiger charge is -2.42. The van der Waals surface area contributed by atoms with E-state index in [4.69, 9.17) is 4.43 Å². The van der Waals surface area contributed by atoms with Crippen molar-refractivity contribution < 1.29 is 4.43 Å². The molecule has 0 N–H and O–H groups in total. The van der Waals surface area contributed by atoms with Gasteiger partial charge in [-0.2, -0.15) is 0 Å². The Morgan fingerprint density at radius 1 is 0.857 bits per heavy atom. The van der Waals surface area contributed by atoms with Gasteiger partial charge in [-0.25, -0.2) is 0 Å². The fourth-order valence-electron chi connectivity index (χ4n) is 3.59. The van der Waals surface area contributed by atoms with Gasteiger partial charge in [0.15, 0.2) is 0 Å². The predicted molar refractivity (Wildman–Crippen MR) is 99.9 cm³/mol. The highest BCUT2D eigenvalue weighted by molar-refractivity contribution is 9.10. The summed E-state index contributed by atoms with van der Waals surface area (Å²) in [5.41, 5.74) is 3.13. The molecule has 0 saturated carbocycles. The zero-order valence-electron chi connectivity index (χ0n) is 14.8. The highest BCUT2D eigenvalue weighted by Crippen LogP contribution is 2.43. The minimum Gasteiger partial charge on any atom is -0.543 e. The molecule has 0 aliphatic carbocycles. The molecule has 0 radical (unpaired) electrons. The van der Waals surface area contributed by atoms with E-state index >= 15 is 0 Å². The first-order chi connectivity index (χ1) is 9.62.